The standard InChI is InChI=1S/C12H17F2N/c1-8(2)12(3,7-15)9-5-4-6-10(13)11(9)14/h4-6,8H,7,15H2,1-3H3. The van der Waals surface area contributed by atoms with E-state index in [2.05, 4.69) is 0 Å². The summed E-state index contributed by atoms with van der Waals surface area (Å²) in [7, 11) is 0. The van der Waals surface area contributed by atoms with Crippen LogP contribution in [0, 0.1) is 17.6 Å². The van der Waals surface area contributed by atoms with Crippen molar-refractivity contribution in [2.24, 2.45) is 11.7 Å². The van der Waals surface area contributed by atoms with E-state index < -0.39 is 17.0 Å². The van der Waals surface area contributed by atoms with E-state index in [1.807, 2.05) is 20.8 Å². The molecule has 3 heteroatoms. The first-order valence-corrected chi connectivity index (χ1v) is 5.08. The minimum absolute atomic E-state index is 0.152. The topological polar surface area (TPSA) is 26.0 Å². The second-order valence-corrected chi connectivity index (χ2v) is 4.38. The second-order valence-electron chi connectivity index (χ2n) is 4.38. The first-order valence-electron chi connectivity index (χ1n) is 5.08. The van der Waals surface area contributed by atoms with Gasteiger partial charge >= 0.3 is 0 Å². The van der Waals surface area contributed by atoms with E-state index in [9.17, 15) is 8.78 Å². The summed E-state index contributed by atoms with van der Waals surface area (Å²) in [4.78, 5) is 0. The summed E-state index contributed by atoms with van der Waals surface area (Å²) in [6, 6.07) is 4.24. The lowest BCUT2D eigenvalue weighted by molar-refractivity contribution is 0.328. The lowest BCUT2D eigenvalue weighted by atomic mass is 9.73. The molecule has 2 N–H and O–H groups in total. The molecule has 1 aromatic carbocycles. The molecule has 15 heavy (non-hydrogen) atoms. The Morgan fingerprint density at radius 1 is 1.33 bits per heavy atom. The Labute approximate surface area is 89.3 Å². The van der Waals surface area contributed by atoms with Gasteiger partial charge in [0.25, 0.3) is 0 Å². The van der Waals surface area contributed by atoms with Gasteiger partial charge in [-0.05, 0) is 17.5 Å². The van der Waals surface area contributed by atoms with Crippen molar-refractivity contribution < 1.29 is 8.78 Å². The fourth-order valence-electron chi connectivity index (χ4n) is 1.60. The lowest BCUT2D eigenvalue weighted by Crippen LogP contribution is -2.38. The summed E-state index contributed by atoms with van der Waals surface area (Å²) in [5.41, 5.74) is 5.51. The van der Waals surface area contributed by atoms with E-state index in [0.717, 1.165) is 6.07 Å². The van der Waals surface area contributed by atoms with Crippen LogP contribution in [-0.4, -0.2) is 6.54 Å². The van der Waals surface area contributed by atoms with Crippen molar-refractivity contribution in [1.82, 2.24) is 0 Å². The van der Waals surface area contributed by atoms with Crippen LogP contribution in [0.4, 0.5) is 8.78 Å². The Hall–Kier alpha value is -0.960. The lowest BCUT2D eigenvalue weighted by Gasteiger charge is -2.33. The maximum Gasteiger partial charge on any atom is 0.162 e. The third-order valence-electron chi connectivity index (χ3n) is 3.27. The number of hydrogen-bond donors (Lipinski definition) is 1. The van der Waals surface area contributed by atoms with Gasteiger partial charge in [0.1, 0.15) is 0 Å². The summed E-state index contributed by atoms with van der Waals surface area (Å²) in [6.07, 6.45) is 0. The minimum Gasteiger partial charge on any atom is -0.330 e. The van der Waals surface area contributed by atoms with Crippen LogP contribution in [0.1, 0.15) is 26.3 Å². The highest BCUT2D eigenvalue weighted by atomic mass is 19.2. The molecule has 1 nitrogen and oxygen atoms in total. The van der Waals surface area contributed by atoms with Gasteiger partial charge in [0.2, 0.25) is 0 Å². The average molecular weight is 213 g/mol. The van der Waals surface area contributed by atoms with Crippen molar-refractivity contribution >= 4 is 0 Å². The summed E-state index contributed by atoms with van der Waals surface area (Å²) < 4.78 is 26.7. The zero-order valence-corrected chi connectivity index (χ0v) is 9.35. The summed E-state index contributed by atoms with van der Waals surface area (Å²) in [6.45, 7) is 6.06. The molecule has 0 bridgehead atoms. The molecule has 1 aromatic rings. The summed E-state index contributed by atoms with van der Waals surface area (Å²) in [5.74, 6) is -1.44. The zero-order valence-electron chi connectivity index (χ0n) is 9.35. The summed E-state index contributed by atoms with van der Waals surface area (Å²) in [5, 5.41) is 0. The molecule has 0 amide bonds. The number of benzene rings is 1. The van der Waals surface area contributed by atoms with Crippen LogP contribution in [0.15, 0.2) is 18.2 Å². The third kappa shape index (κ3) is 2.02. The Kier molecular flexibility index (Phi) is 3.45. The SMILES string of the molecule is CC(C)C(C)(CN)c1cccc(F)c1F. The molecule has 0 spiro atoms. The van der Waals surface area contributed by atoms with Crippen molar-refractivity contribution in [1.29, 1.82) is 0 Å². The van der Waals surface area contributed by atoms with Crippen LogP contribution in [0.2, 0.25) is 0 Å². The van der Waals surface area contributed by atoms with Crippen LogP contribution in [0.5, 0.6) is 0 Å². The van der Waals surface area contributed by atoms with E-state index in [4.69, 9.17) is 5.73 Å². The van der Waals surface area contributed by atoms with Gasteiger partial charge in [0.15, 0.2) is 11.6 Å². The van der Waals surface area contributed by atoms with E-state index in [1.165, 1.54) is 6.07 Å². The van der Waals surface area contributed by atoms with Crippen LogP contribution in [0.3, 0.4) is 0 Å². The molecular formula is C12H17F2N. The van der Waals surface area contributed by atoms with Gasteiger partial charge in [0, 0.05) is 12.0 Å². The van der Waals surface area contributed by atoms with Crippen LogP contribution < -0.4 is 5.73 Å². The molecule has 0 fully saturated rings. The number of hydrogen-bond acceptors (Lipinski definition) is 1. The molecule has 0 radical (unpaired) electrons. The Bertz CT molecular complexity index is 349. The molecular weight excluding hydrogens is 196 g/mol. The van der Waals surface area contributed by atoms with Crippen molar-refractivity contribution in [2.75, 3.05) is 6.54 Å². The van der Waals surface area contributed by atoms with Crippen molar-refractivity contribution in [2.45, 2.75) is 26.2 Å². The highest BCUT2D eigenvalue weighted by molar-refractivity contribution is 5.28. The van der Waals surface area contributed by atoms with Gasteiger partial charge in [-0.25, -0.2) is 8.78 Å². The van der Waals surface area contributed by atoms with Crippen LogP contribution >= 0.6 is 0 Å². The Morgan fingerprint density at radius 3 is 2.40 bits per heavy atom. The number of rotatable bonds is 3. The zero-order chi connectivity index (χ0) is 11.6. The van der Waals surface area contributed by atoms with Gasteiger partial charge < -0.3 is 5.73 Å². The number of halogens is 2. The van der Waals surface area contributed by atoms with Gasteiger partial charge in [-0.1, -0.05) is 32.9 Å². The Morgan fingerprint density at radius 2 is 1.93 bits per heavy atom. The van der Waals surface area contributed by atoms with Crippen LogP contribution in [-0.2, 0) is 5.41 Å². The van der Waals surface area contributed by atoms with Crippen LogP contribution in [0.25, 0.3) is 0 Å². The van der Waals surface area contributed by atoms with Gasteiger partial charge in [-0.2, -0.15) is 0 Å². The molecule has 0 heterocycles. The quantitative estimate of drug-likeness (QED) is 0.821. The van der Waals surface area contributed by atoms with E-state index in [-0.39, 0.29) is 5.92 Å². The Balaban J connectivity index is 3.30. The monoisotopic (exact) mass is 213 g/mol. The largest absolute Gasteiger partial charge is 0.330 e. The summed E-state index contributed by atoms with van der Waals surface area (Å²) >= 11 is 0. The smallest absolute Gasteiger partial charge is 0.162 e. The molecule has 0 saturated carbocycles. The van der Waals surface area contributed by atoms with Crippen molar-refractivity contribution in [3.05, 3.63) is 35.4 Å². The van der Waals surface area contributed by atoms with E-state index in [1.54, 1.807) is 6.07 Å². The van der Waals surface area contributed by atoms with Crippen molar-refractivity contribution in [3.8, 4) is 0 Å². The van der Waals surface area contributed by atoms with Gasteiger partial charge in [-0.3, -0.25) is 0 Å². The predicted octanol–water partition coefficient (Wildman–Crippen LogP) is 2.84. The molecule has 84 valence electrons. The molecule has 0 aliphatic heterocycles. The molecule has 1 atom stereocenters. The molecule has 0 aliphatic carbocycles. The van der Waals surface area contributed by atoms with Gasteiger partial charge in [0.05, 0.1) is 0 Å². The first kappa shape index (κ1) is 12.1. The normalized spacial score (nSPS) is 15.4. The molecule has 1 rings (SSSR count). The predicted molar refractivity (Wildman–Crippen MR) is 57.6 cm³/mol. The second kappa shape index (κ2) is 4.27. The minimum atomic E-state index is -0.812. The fourth-order valence-corrected chi connectivity index (χ4v) is 1.60. The van der Waals surface area contributed by atoms with E-state index >= 15 is 0 Å². The maximum absolute atomic E-state index is 13.6. The fraction of sp³-hybridized carbons (Fsp3) is 0.500. The third-order valence-corrected chi connectivity index (χ3v) is 3.27. The first-order chi connectivity index (χ1) is 6.93. The molecule has 0 saturated heterocycles. The highest BCUT2D eigenvalue weighted by Crippen LogP contribution is 2.33. The highest BCUT2D eigenvalue weighted by Gasteiger charge is 2.32. The number of nitrogens with two attached hydrogens (primary N) is 1. The molecule has 0 aliphatic rings. The van der Waals surface area contributed by atoms with E-state index in [0.29, 0.717) is 12.1 Å². The molecule has 1 unspecified atom stereocenters. The van der Waals surface area contributed by atoms with Crippen molar-refractivity contribution in [3.63, 3.8) is 0 Å². The molecule has 0 aromatic heterocycles. The van der Waals surface area contributed by atoms with Gasteiger partial charge in [-0.15, -0.1) is 0 Å². The average Bonchev–Trinajstić information content (AvgIpc) is 2.20. The maximum atomic E-state index is 13.6.